The first-order chi connectivity index (χ1) is 9.49. The quantitative estimate of drug-likeness (QED) is 0.897. The summed E-state index contributed by atoms with van der Waals surface area (Å²) in [6.07, 6.45) is 3.10. The van der Waals surface area contributed by atoms with Crippen LogP contribution in [-0.2, 0) is 5.54 Å². The maximum absolute atomic E-state index is 11.1. The lowest BCUT2D eigenvalue weighted by Crippen LogP contribution is -2.32. The molecule has 2 aromatic rings. The van der Waals surface area contributed by atoms with E-state index in [1.54, 1.807) is 12.1 Å². The Morgan fingerprint density at radius 1 is 1.25 bits per heavy atom. The summed E-state index contributed by atoms with van der Waals surface area (Å²) in [5.74, 6) is 0.0416. The molecule has 1 heterocycles. The highest BCUT2D eigenvalue weighted by molar-refractivity contribution is 5.92. The Hall–Kier alpha value is -1.84. The van der Waals surface area contributed by atoms with Gasteiger partial charge in [0.05, 0.1) is 16.6 Å². The Morgan fingerprint density at radius 2 is 1.85 bits per heavy atom. The fourth-order valence-corrected chi connectivity index (χ4v) is 3.16. The molecule has 20 heavy (non-hydrogen) atoms. The molecular formula is C16H22N2O2. The van der Waals surface area contributed by atoms with Gasteiger partial charge in [0, 0.05) is 5.54 Å². The van der Waals surface area contributed by atoms with Gasteiger partial charge in [-0.05, 0) is 44.4 Å². The van der Waals surface area contributed by atoms with Crippen molar-refractivity contribution in [2.45, 2.75) is 52.5 Å². The highest BCUT2D eigenvalue weighted by Gasteiger charge is 2.29. The van der Waals surface area contributed by atoms with Gasteiger partial charge in [0.1, 0.15) is 5.82 Å². The molecule has 4 nitrogen and oxygen atoms in total. The predicted molar refractivity (Wildman–Crippen MR) is 80.3 cm³/mol. The van der Waals surface area contributed by atoms with Crippen LogP contribution in [0.5, 0.6) is 0 Å². The topological polar surface area (TPSA) is 55.1 Å². The Bertz CT molecular complexity index is 631. The summed E-state index contributed by atoms with van der Waals surface area (Å²) in [6, 6.07) is 5.20. The monoisotopic (exact) mass is 274 g/mol. The van der Waals surface area contributed by atoms with Gasteiger partial charge in [-0.15, -0.1) is 0 Å². The average molecular weight is 274 g/mol. The maximum atomic E-state index is 11.1. The van der Waals surface area contributed by atoms with Crippen LogP contribution >= 0.6 is 0 Å². The number of rotatable bonds is 5. The minimum Gasteiger partial charge on any atom is -0.478 e. The van der Waals surface area contributed by atoms with Gasteiger partial charge < -0.3 is 9.67 Å². The number of carbonyl (C=O) groups is 1. The molecule has 0 saturated carbocycles. The number of imidazole rings is 1. The molecule has 0 radical (unpaired) electrons. The molecule has 0 atom stereocenters. The molecule has 0 bridgehead atoms. The van der Waals surface area contributed by atoms with Crippen LogP contribution in [0.15, 0.2) is 18.2 Å². The number of aromatic nitrogens is 2. The van der Waals surface area contributed by atoms with E-state index < -0.39 is 5.97 Å². The number of carboxylic acid groups (broad SMARTS) is 1. The molecule has 0 spiro atoms. The molecular weight excluding hydrogens is 252 g/mol. The highest BCUT2D eigenvalue weighted by Crippen LogP contribution is 2.34. The summed E-state index contributed by atoms with van der Waals surface area (Å²) >= 11 is 0. The van der Waals surface area contributed by atoms with Crippen LogP contribution in [0.25, 0.3) is 11.0 Å². The average Bonchev–Trinajstić information content (AvgIpc) is 2.78. The van der Waals surface area contributed by atoms with Crippen LogP contribution in [0.2, 0.25) is 0 Å². The third-order valence-electron chi connectivity index (χ3n) is 4.52. The molecule has 0 amide bonds. The van der Waals surface area contributed by atoms with Gasteiger partial charge in [0.15, 0.2) is 0 Å². The van der Waals surface area contributed by atoms with Gasteiger partial charge in [-0.3, -0.25) is 0 Å². The fraction of sp³-hybridized carbons (Fsp3) is 0.500. The lowest BCUT2D eigenvalue weighted by molar-refractivity contribution is 0.0697. The third kappa shape index (κ3) is 2.09. The minimum absolute atomic E-state index is 0.0591. The van der Waals surface area contributed by atoms with Crippen LogP contribution < -0.4 is 0 Å². The first kappa shape index (κ1) is 14.6. The first-order valence-corrected chi connectivity index (χ1v) is 7.22. The van der Waals surface area contributed by atoms with E-state index in [2.05, 4.69) is 30.3 Å². The molecule has 1 N–H and O–H groups in total. The number of fused-ring (bicyclic) bond motifs is 1. The van der Waals surface area contributed by atoms with Crippen LogP contribution in [-0.4, -0.2) is 20.6 Å². The lowest BCUT2D eigenvalue weighted by atomic mass is 9.89. The minimum atomic E-state index is -0.910. The lowest BCUT2D eigenvalue weighted by Gasteiger charge is -2.34. The first-order valence-electron chi connectivity index (χ1n) is 7.22. The normalized spacial score (nSPS) is 12.0. The molecule has 2 rings (SSSR count). The second kappa shape index (κ2) is 5.27. The van der Waals surface area contributed by atoms with Crippen molar-refractivity contribution in [3.63, 3.8) is 0 Å². The van der Waals surface area contributed by atoms with Crippen LogP contribution in [0.1, 0.15) is 56.2 Å². The van der Waals surface area contributed by atoms with Crippen molar-refractivity contribution < 1.29 is 9.90 Å². The van der Waals surface area contributed by atoms with E-state index in [-0.39, 0.29) is 11.1 Å². The van der Waals surface area contributed by atoms with Gasteiger partial charge in [0.2, 0.25) is 0 Å². The molecule has 4 heteroatoms. The molecule has 0 unspecified atom stereocenters. The van der Waals surface area contributed by atoms with E-state index in [1.807, 2.05) is 13.0 Å². The summed E-state index contributed by atoms with van der Waals surface area (Å²) in [5, 5.41) is 9.08. The molecule has 0 aliphatic rings. The van der Waals surface area contributed by atoms with Crippen molar-refractivity contribution >= 4 is 17.0 Å². The van der Waals surface area contributed by atoms with Gasteiger partial charge in [0.25, 0.3) is 0 Å². The molecule has 1 aromatic heterocycles. The van der Waals surface area contributed by atoms with E-state index in [4.69, 9.17) is 5.11 Å². The second-order valence-electron chi connectivity index (χ2n) is 5.29. The number of hydrogen-bond acceptors (Lipinski definition) is 2. The molecule has 0 fully saturated rings. The van der Waals surface area contributed by atoms with Gasteiger partial charge in [-0.1, -0.05) is 20.8 Å². The number of hydrogen-bond donors (Lipinski definition) is 1. The number of aromatic carboxylic acids is 1. The largest absolute Gasteiger partial charge is 0.478 e. The Labute approximate surface area is 119 Å². The Morgan fingerprint density at radius 3 is 2.35 bits per heavy atom. The predicted octanol–water partition coefficient (Wildman–Crippen LogP) is 3.97. The van der Waals surface area contributed by atoms with E-state index in [0.717, 1.165) is 36.1 Å². The van der Waals surface area contributed by atoms with Crippen molar-refractivity contribution in [3.05, 3.63) is 29.6 Å². The fourth-order valence-electron chi connectivity index (χ4n) is 3.16. The smallest absolute Gasteiger partial charge is 0.335 e. The summed E-state index contributed by atoms with van der Waals surface area (Å²) in [4.78, 5) is 15.6. The number of carboxylic acids is 1. The van der Waals surface area contributed by atoms with Crippen molar-refractivity contribution in [2.75, 3.05) is 0 Å². The van der Waals surface area contributed by atoms with Gasteiger partial charge in [-0.2, -0.15) is 0 Å². The van der Waals surface area contributed by atoms with Crippen molar-refractivity contribution in [1.82, 2.24) is 9.55 Å². The van der Waals surface area contributed by atoms with Crippen molar-refractivity contribution in [3.8, 4) is 0 Å². The second-order valence-corrected chi connectivity index (χ2v) is 5.29. The maximum Gasteiger partial charge on any atom is 0.335 e. The molecule has 0 aliphatic heterocycles. The summed E-state index contributed by atoms with van der Waals surface area (Å²) < 4.78 is 2.29. The summed E-state index contributed by atoms with van der Waals surface area (Å²) in [6.45, 7) is 8.59. The van der Waals surface area contributed by atoms with E-state index in [1.165, 1.54) is 0 Å². The molecule has 0 aliphatic carbocycles. The van der Waals surface area contributed by atoms with Crippen LogP contribution in [0.4, 0.5) is 0 Å². The zero-order chi connectivity index (χ0) is 14.9. The molecule has 108 valence electrons. The van der Waals surface area contributed by atoms with E-state index in [0.29, 0.717) is 0 Å². The van der Waals surface area contributed by atoms with Crippen molar-refractivity contribution in [2.24, 2.45) is 0 Å². The van der Waals surface area contributed by atoms with Gasteiger partial charge in [-0.25, -0.2) is 9.78 Å². The SMILES string of the molecule is CCC(CC)(CC)n1c(C)nc2cc(C(=O)O)ccc21. The van der Waals surface area contributed by atoms with E-state index >= 15 is 0 Å². The number of aryl methyl sites for hydroxylation is 1. The summed E-state index contributed by atoms with van der Waals surface area (Å²) in [5.41, 5.74) is 2.14. The van der Waals surface area contributed by atoms with Crippen LogP contribution in [0.3, 0.4) is 0 Å². The third-order valence-corrected chi connectivity index (χ3v) is 4.52. The van der Waals surface area contributed by atoms with Crippen molar-refractivity contribution in [1.29, 1.82) is 0 Å². The molecule has 0 saturated heterocycles. The zero-order valence-corrected chi connectivity index (χ0v) is 12.6. The molecule has 1 aromatic carbocycles. The van der Waals surface area contributed by atoms with Crippen LogP contribution in [0, 0.1) is 6.92 Å². The Balaban J connectivity index is 2.71. The Kier molecular flexibility index (Phi) is 3.84. The zero-order valence-electron chi connectivity index (χ0n) is 12.6. The summed E-state index contributed by atoms with van der Waals surface area (Å²) in [7, 11) is 0. The number of nitrogens with zero attached hydrogens (tertiary/aromatic N) is 2. The number of benzene rings is 1. The highest BCUT2D eigenvalue weighted by atomic mass is 16.4. The standard InChI is InChI=1S/C16H22N2O2/c1-5-16(6-2,7-3)18-11(4)17-13-10-12(15(19)20)8-9-14(13)18/h8-10H,5-7H2,1-4H3,(H,19,20). The van der Waals surface area contributed by atoms with E-state index in [9.17, 15) is 4.79 Å². The van der Waals surface area contributed by atoms with Gasteiger partial charge >= 0.3 is 5.97 Å².